The Morgan fingerprint density at radius 1 is 0.941 bits per heavy atom. The van der Waals surface area contributed by atoms with Gasteiger partial charge >= 0.3 is 6.03 Å². The molecule has 0 radical (unpaired) electrons. The first kappa shape index (κ1) is 23.4. The summed E-state index contributed by atoms with van der Waals surface area (Å²) in [6.45, 7) is 2.53. The number of aromatic nitrogens is 2. The Kier molecular flexibility index (Phi) is 7.49. The van der Waals surface area contributed by atoms with Crippen LogP contribution < -0.4 is 16.0 Å². The van der Waals surface area contributed by atoms with Crippen molar-refractivity contribution < 1.29 is 9.59 Å². The molecule has 174 valence electrons. The number of carbonyl (C=O) groups is 2. The molecule has 0 saturated carbocycles. The van der Waals surface area contributed by atoms with Crippen LogP contribution in [0.5, 0.6) is 0 Å². The number of anilines is 2. The van der Waals surface area contributed by atoms with Crippen molar-refractivity contribution in [3.63, 3.8) is 0 Å². The van der Waals surface area contributed by atoms with Crippen LogP contribution in [-0.4, -0.2) is 27.7 Å². The van der Waals surface area contributed by atoms with E-state index in [9.17, 15) is 9.59 Å². The van der Waals surface area contributed by atoms with Gasteiger partial charge in [-0.15, -0.1) is 0 Å². The van der Waals surface area contributed by atoms with Gasteiger partial charge < -0.3 is 20.5 Å². The van der Waals surface area contributed by atoms with E-state index in [1.165, 1.54) is 0 Å². The molecule has 4 rings (SSSR count). The van der Waals surface area contributed by atoms with E-state index in [1.54, 1.807) is 11.8 Å². The molecule has 1 aromatic heterocycles. The average molecular weight is 474 g/mol. The van der Waals surface area contributed by atoms with Gasteiger partial charge in [0.2, 0.25) is 5.91 Å². The van der Waals surface area contributed by atoms with E-state index in [1.807, 2.05) is 90.5 Å². The molecule has 34 heavy (non-hydrogen) atoms. The lowest BCUT2D eigenvalue weighted by molar-refractivity contribution is -0.121. The highest BCUT2D eigenvalue weighted by atomic mass is 32.2. The molecular weight excluding hydrogens is 446 g/mol. The fourth-order valence-corrected chi connectivity index (χ4v) is 4.20. The van der Waals surface area contributed by atoms with E-state index in [0.29, 0.717) is 12.2 Å². The van der Waals surface area contributed by atoms with Crippen LogP contribution in [0.4, 0.5) is 16.2 Å². The first-order valence-electron chi connectivity index (χ1n) is 11.0. The Labute approximate surface area is 203 Å². The minimum Gasteiger partial charge on any atom is -0.350 e. The monoisotopic (exact) mass is 473 g/mol. The summed E-state index contributed by atoms with van der Waals surface area (Å²) in [6.07, 6.45) is 2.02. The van der Waals surface area contributed by atoms with Crippen LogP contribution in [0.15, 0.2) is 72.8 Å². The van der Waals surface area contributed by atoms with E-state index in [4.69, 9.17) is 0 Å². The molecule has 1 heterocycles. The Morgan fingerprint density at radius 2 is 1.68 bits per heavy atom. The van der Waals surface area contributed by atoms with Crippen LogP contribution in [-0.2, 0) is 23.6 Å². The minimum atomic E-state index is -0.319. The van der Waals surface area contributed by atoms with Gasteiger partial charge in [-0.3, -0.25) is 4.79 Å². The number of hydrogen-bond acceptors (Lipinski definition) is 4. The fourth-order valence-electron chi connectivity index (χ4n) is 3.72. The first-order chi connectivity index (χ1) is 16.5. The molecule has 3 amide bonds. The number of urea groups is 1. The van der Waals surface area contributed by atoms with E-state index < -0.39 is 0 Å². The average Bonchev–Trinajstić information content (AvgIpc) is 3.15. The molecule has 0 fully saturated rings. The molecule has 7 nitrogen and oxygen atoms in total. The number of nitrogens with one attached hydrogen (secondary N) is 3. The molecule has 0 aliphatic rings. The Hall–Kier alpha value is -3.78. The van der Waals surface area contributed by atoms with Gasteiger partial charge in [0, 0.05) is 17.9 Å². The van der Waals surface area contributed by atoms with E-state index in [2.05, 4.69) is 20.9 Å². The molecule has 0 aliphatic heterocycles. The lowest BCUT2D eigenvalue weighted by atomic mass is 10.2. The van der Waals surface area contributed by atoms with Crippen molar-refractivity contribution >= 4 is 46.1 Å². The van der Waals surface area contributed by atoms with Crippen molar-refractivity contribution in [3.8, 4) is 0 Å². The minimum absolute atomic E-state index is 0.0962. The number of hydrogen-bond donors (Lipinski definition) is 3. The number of aryl methyl sites for hydroxylation is 1. The van der Waals surface area contributed by atoms with Gasteiger partial charge in [-0.05, 0) is 60.7 Å². The Bertz CT molecular complexity index is 1320. The predicted molar refractivity (Wildman–Crippen MR) is 139 cm³/mol. The van der Waals surface area contributed by atoms with E-state index in [-0.39, 0.29) is 18.5 Å². The van der Waals surface area contributed by atoms with Gasteiger partial charge in [-0.2, -0.15) is 11.8 Å². The maximum Gasteiger partial charge on any atom is 0.323 e. The van der Waals surface area contributed by atoms with Gasteiger partial charge in [0.15, 0.2) is 0 Å². The highest BCUT2D eigenvalue weighted by molar-refractivity contribution is 7.97. The number of benzene rings is 3. The highest BCUT2D eigenvalue weighted by Gasteiger charge is 2.13. The summed E-state index contributed by atoms with van der Waals surface area (Å²) in [6, 6.07) is 22.6. The number of nitrogens with zero attached hydrogens (tertiary/aromatic N) is 2. The summed E-state index contributed by atoms with van der Waals surface area (Å²) in [4.78, 5) is 29.7. The number of carbonyl (C=O) groups excluding carboxylic acids is 2. The SMILES string of the molecule is CSCc1nc2ccccc2n1CC(=O)NCc1cccc(NC(=O)Nc2cccc(C)c2)c1. The van der Waals surface area contributed by atoms with Crippen LogP contribution in [0.3, 0.4) is 0 Å². The van der Waals surface area contributed by atoms with Crippen molar-refractivity contribution in [2.75, 3.05) is 16.9 Å². The molecule has 0 unspecified atom stereocenters. The molecule has 0 atom stereocenters. The second-order valence-electron chi connectivity index (χ2n) is 7.96. The summed E-state index contributed by atoms with van der Waals surface area (Å²) in [5.74, 6) is 1.52. The maximum atomic E-state index is 12.7. The van der Waals surface area contributed by atoms with Crippen LogP contribution >= 0.6 is 11.8 Å². The molecular formula is C26H27N5O2S. The van der Waals surface area contributed by atoms with E-state index >= 15 is 0 Å². The Morgan fingerprint density at radius 3 is 2.44 bits per heavy atom. The molecule has 3 aromatic carbocycles. The molecule has 3 N–H and O–H groups in total. The second-order valence-corrected chi connectivity index (χ2v) is 8.83. The van der Waals surface area contributed by atoms with Crippen molar-refractivity contribution in [1.29, 1.82) is 0 Å². The van der Waals surface area contributed by atoms with Gasteiger partial charge in [0.05, 0.1) is 16.8 Å². The fraction of sp³-hybridized carbons (Fsp3) is 0.192. The van der Waals surface area contributed by atoms with Crippen LogP contribution in [0.2, 0.25) is 0 Å². The van der Waals surface area contributed by atoms with E-state index in [0.717, 1.165) is 39.4 Å². The predicted octanol–water partition coefficient (Wildman–Crippen LogP) is 5.17. The van der Waals surface area contributed by atoms with Gasteiger partial charge in [-0.25, -0.2) is 9.78 Å². The number of thioether (sulfide) groups is 1. The zero-order chi connectivity index (χ0) is 23.9. The highest BCUT2D eigenvalue weighted by Crippen LogP contribution is 2.19. The Balaban J connectivity index is 1.36. The number of imidazole rings is 1. The van der Waals surface area contributed by atoms with Crippen molar-refractivity contribution in [2.45, 2.75) is 25.8 Å². The number of para-hydroxylation sites is 2. The van der Waals surface area contributed by atoms with Crippen LogP contribution in [0.25, 0.3) is 11.0 Å². The molecule has 8 heteroatoms. The van der Waals surface area contributed by atoms with Gasteiger partial charge in [-0.1, -0.05) is 36.4 Å². The number of fused-ring (bicyclic) bond motifs is 1. The third-order valence-corrected chi connectivity index (χ3v) is 5.81. The summed E-state index contributed by atoms with van der Waals surface area (Å²) in [5.41, 5.74) is 5.18. The zero-order valence-corrected chi connectivity index (χ0v) is 20.0. The first-order valence-corrected chi connectivity index (χ1v) is 12.3. The normalized spacial score (nSPS) is 10.8. The maximum absolute atomic E-state index is 12.7. The van der Waals surface area contributed by atoms with Crippen molar-refractivity contribution in [2.24, 2.45) is 0 Å². The number of rotatable bonds is 8. The second kappa shape index (κ2) is 10.9. The molecule has 0 spiro atoms. The largest absolute Gasteiger partial charge is 0.350 e. The summed E-state index contributed by atoms with van der Waals surface area (Å²) < 4.78 is 1.97. The standard InChI is InChI=1S/C26H27N5O2S/c1-18-7-5-9-20(13-18)28-26(33)29-21-10-6-8-19(14-21)15-27-25(32)16-31-23-12-4-3-11-22(23)30-24(31)17-34-2/h3-14H,15-17H2,1-2H3,(H,27,32)(H2,28,29,33). The zero-order valence-electron chi connectivity index (χ0n) is 19.2. The van der Waals surface area contributed by atoms with Crippen LogP contribution in [0, 0.1) is 6.92 Å². The lowest BCUT2D eigenvalue weighted by Crippen LogP contribution is -2.27. The third-order valence-electron chi connectivity index (χ3n) is 5.26. The van der Waals surface area contributed by atoms with Crippen LogP contribution in [0.1, 0.15) is 17.0 Å². The third kappa shape index (κ3) is 5.96. The summed E-state index contributed by atoms with van der Waals surface area (Å²) in [5, 5.41) is 8.64. The molecule has 0 saturated heterocycles. The van der Waals surface area contributed by atoms with Crippen molar-refractivity contribution in [1.82, 2.24) is 14.9 Å². The smallest absolute Gasteiger partial charge is 0.323 e. The van der Waals surface area contributed by atoms with Crippen molar-refractivity contribution in [3.05, 3.63) is 89.7 Å². The molecule has 0 bridgehead atoms. The lowest BCUT2D eigenvalue weighted by Gasteiger charge is -2.11. The number of amides is 3. The quantitative estimate of drug-likeness (QED) is 0.330. The summed E-state index contributed by atoms with van der Waals surface area (Å²) >= 11 is 1.67. The summed E-state index contributed by atoms with van der Waals surface area (Å²) in [7, 11) is 0. The molecule has 4 aromatic rings. The van der Waals surface area contributed by atoms with Gasteiger partial charge in [0.1, 0.15) is 12.4 Å². The van der Waals surface area contributed by atoms with Gasteiger partial charge in [0.25, 0.3) is 0 Å². The topological polar surface area (TPSA) is 88.1 Å². The molecule has 0 aliphatic carbocycles.